The molecule has 0 saturated carbocycles. The largest absolute Gasteiger partial charge is 0.382 e. The monoisotopic (exact) mass is 254 g/mol. The SMILES string of the molecule is CC(=O)c1ccc(C#N)c(NCCn2cccn2)c1. The van der Waals surface area contributed by atoms with E-state index in [1.54, 1.807) is 29.1 Å². The molecule has 0 spiro atoms. The first-order chi connectivity index (χ1) is 9.20. The van der Waals surface area contributed by atoms with Crippen molar-refractivity contribution in [1.82, 2.24) is 9.78 Å². The number of aromatic nitrogens is 2. The van der Waals surface area contributed by atoms with Gasteiger partial charge < -0.3 is 5.32 Å². The highest BCUT2D eigenvalue weighted by molar-refractivity contribution is 5.95. The molecular formula is C14H14N4O. The van der Waals surface area contributed by atoms with Gasteiger partial charge in [0.15, 0.2) is 5.78 Å². The summed E-state index contributed by atoms with van der Waals surface area (Å²) in [6.07, 6.45) is 3.59. The summed E-state index contributed by atoms with van der Waals surface area (Å²) in [5, 5.41) is 16.3. The predicted octanol–water partition coefficient (Wildman–Crippen LogP) is 2.07. The fourth-order valence-corrected chi connectivity index (χ4v) is 1.74. The van der Waals surface area contributed by atoms with Crippen LogP contribution in [0.1, 0.15) is 22.8 Å². The summed E-state index contributed by atoms with van der Waals surface area (Å²) in [7, 11) is 0. The van der Waals surface area contributed by atoms with Crippen LogP contribution in [0.2, 0.25) is 0 Å². The maximum Gasteiger partial charge on any atom is 0.159 e. The minimum Gasteiger partial charge on any atom is -0.382 e. The van der Waals surface area contributed by atoms with E-state index in [2.05, 4.69) is 16.5 Å². The molecule has 0 aliphatic rings. The lowest BCUT2D eigenvalue weighted by atomic mass is 10.1. The molecule has 0 radical (unpaired) electrons. The number of ketones is 1. The quantitative estimate of drug-likeness (QED) is 0.829. The Hall–Kier alpha value is -2.61. The second-order valence-corrected chi connectivity index (χ2v) is 4.12. The van der Waals surface area contributed by atoms with Crippen molar-refractivity contribution < 1.29 is 4.79 Å². The Labute approximate surface area is 111 Å². The Balaban J connectivity index is 2.07. The molecule has 0 unspecified atom stereocenters. The van der Waals surface area contributed by atoms with Crippen molar-refractivity contribution in [3.8, 4) is 6.07 Å². The predicted molar refractivity (Wildman–Crippen MR) is 71.9 cm³/mol. The molecule has 19 heavy (non-hydrogen) atoms. The minimum absolute atomic E-state index is 0.0142. The summed E-state index contributed by atoms with van der Waals surface area (Å²) in [4.78, 5) is 11.3. The molecule has 0 bridgehead atoms. The number of rotatable bonds is 5. The van der Waals surface area contributed by atoms with Crippen LogP contribution in [0.4, 0.5) is 5.69 Å². The smallest absolute Gasteiger partial charge is 0.159 e. The van der Waals surface area contributed by atoms with Gasteiger partial charge in [0.05, 0.1) is 17.8 Å². The number of Topliss-reactive ketones (excluding diaryl/α,β-unsaturated/α-hetero) is 1. The first-order valence-electron chi connectivity index (χ1n) is 5.97. The van der Waals surface area contributed by atoms with E-state index in [0.717, 1.165) is 0 Å². The average Bonchev–Trinajstić information content (AvgIpc) is 2.91. The molecular weight excluding hydrogens is 240 g/mol. The highest BCUT2D eigenvalue weighted by Gasteiger charge is 2.06. The number of benzene rings is 1. The zero-order valence-corrected chi connectivity index (χ0v) is 10.6. The number of nitrogens with zero attached hydrogens (tertiary/aromatic N) is 3. The van der Waals surface area contributed by atoms with Gasteiger partial charge in [0.1, 0.15) is 6.07 Å². The average molecular weight is 254 g/mol. The van der Waals surface area contributed by atoms with Crippen LogP contribution in [0.25, 0.3) is 0 Å². The summed E-state index contributed by atoms with van der Waals surface area (Å²) in [5.74, 6) is -0.0142. The Morgan fingerprint density at radius 3 is 3.00 bits per heavy atom. The summed E-state index contributed by atoms with van der Waals surface area (Å²) in [6, 6.07) is 9.01. The first-order valence-corrected chi connectivity index (χ1v) is 5.97. The van der Waals surface area contributed by atoms with Crippen molar-refractivity contribution >= 4 is 11.5 Å². The molecule has 96 valence electrons. The van der Waals surface area contributed by atoms with E-state index in [0.29, 0.717) is 29.9 Å². The Morgan fingerprint density at radius 2 is 2.37 bits per heavy atom. The van der Waals surface area contributed by atoms with Crippen LogP contribution >= 0.6 is 0 Å². The molecule has 1 aromatic carbocycles. The van der Waals surface area contributed by atoms with Crippen molar-refractivity contribution in [1.29, 1.82) is 5.26 Å². The normalized spacial score (nSPS) is 9.89. The number of nitriles is 1. The van der Waals surface area contributed by atoms with Gasteiger partial charge in [-0.3, -0.25) is 9.48 Å². The Kier molecular flexibility index (Phi) is 3.94. The van der Waals surface area contributed by atoms with Crippen LogP contribution in [-0.2, 0) is 6.54 Å². The third-order valence-electron chi connectivity index (χ3n) is 2.76. The molecule has 2 rings (SSSR count). The molecule has 2 aromatic rings. The third kappa shape index (κ3) is 3.19. The van der Waals surface area contributed by atoms with E-state index in [1.807, 2.05) is 12.3 Å². The number of carbonyl (C=O) groups is 1. The van der Waals surface area contributed by atoms with Gasteiger partial charge in [0.25, 0.3) is 0 Å². The minimum atomic E-state index is -0.0142. The summed E-state index contributed by atoms with van der Waals surface area (Å²) < 4.78 is 1.80. The standard InChI is InChI=1S/C14H14N4O/c1-11(19)12-3-4-13(10-15)14(9-12)16-6-8-18-7-2-5-17-18/h2-5,7,9,16H,6,8H2,1H3. The number of hydrogen-bond donors (Lipinski definition) is 1. The van der Waals surface area contributed by atoms with Gasteiger partial charge in [-0.2, -0.15) is 10.4 Å². The second-order valence-electron chi connectivity index (χ2n) is 4.12. The highest BCUT2D eigenvalue weighted by Crippen LogP contribution is 2.17. The van der Waals surface area contributed by atoms with Crippen LogP contribution in [-0.4, -0.2) is 22.1 Å². The van der Waals surface area contributed by atoms with E-state index in [9.17, 15) is 4.79 Å². The zero-order chi connectivity index (χ0) is 13.7. The van der Waals surface area contributed by atoms with E-state index in [4.69, 9.17) is 5.26 Å². The van der Waals surface area contributed by atoms with E-state index < -0.39 is 0 Å². The van der Waals surface area contributed by atoms with Crippen LogP contribution in [0.5, 0.6) is 0 Å². The van der Waals surface area contributed by atoms with Gasteiger partial charge in [-0.05, 0) is 31.2 Å². The second kappa shape index (κ2) is 5.83. The van der Waals surface area contributed by atoms with Gasteiger partial charge in [-0.25, -0.2) is 0 Å². The van der Waals surface area contributed by atoms with Crippen molar-refractivity contribution in [2.45, 2.75) is 13.5 Å². The van der Waals surface area contributed by atoms with Gasteiger partial charge in [-0.15, -0.1) is 0 Å². The molecule has 5 nitrogen and oxygen atoms in total. The van der Waals surface area contributed by atoms with Crippen molar-refractivity contribution in [2.24, 2.45) is 0 Å². The number of carbonyl (C=O) groups excluding carboxylic acids is 1. The lowest BCUT2D eigenvalue weighted by Gasteiger charge is -2.09. The van der Waals surface area contributed by atoms with Crippen molar-refractivity contribution in [2.75, 3.05) is 11.9 Å². The van der Waals surface area contributed by atoms with Gasteiger partial charge in [-0.1, -0.05) is 0 Å². The van der Waals surface area contributed by atoms with Gasteiger partial charge in [0, 0.05) is 24.5 Å². The maximum atomic E-state index is 11.3. The van der Waals surface area contributed by atoms with Crippen LogP contribution in [0.3, 0.4) is 0 Å². The van der Waals surface area contributed by atoms with Crippen LogP contribution in [0, 0.1) is 11.3 Å². The zero-order valence-electron chi connectivity index (χ0n) is 10.6. The lowest BCUT2D eigenvalue weighted by molar-refractivity contribution is 0.101. The molecule has 1 N–H and O–H groups in total. The highest BCUT2D eigenvalue weighted by atomic mass is 16.1. The molecule has 0 amide bonds. The van der Waals surface area contributed by atoms with Crippen molar-refractivity contribution in [3.05, 3.63) is 47.8 Å². The van der Waals surface area contributed by atoms with Crippen LogP contribution in [0.15, 0.2) is 36.7 Å². The Morgan fingerprint density at radius 1 is 1.53 bits per heavy atom. The lowest BCUT2D eigenvalue weighted by Crippen LogP contribution is -2.12. The number of nitrogens with one attached hydrogen (secondary N) is 1. The fourth-order valence-electron chi connectivity index (χ4n) is 1.74. The van der Waals surface area contributed by atoms with Gasteiger partial charge in [0.2, 0.25) is 0 Å². The van der Waals surface area contributed by atoms with E-state index >= 15 is 0 Å². The number of anilines is 1. The maximum absolute atomic E-state index is 11.3. The molecule has 1 aromatic heterocycles. The van der Waals surface area contributed by atoms with E-state index in [-0.39, 0.29) is 5.78 Å². The first kappa shape index (κ1) is 12.8. The molecule has 1 heterocycles. The molecule has 0 aliphatic carbocycles. The molecule has 0 fully saturated rings. The topological polar surface area (TPSA) is 70.7 Å². The molecule has 0 saturated heterocycles. The summed E-state index contributed by atoms with van der Waals surface area (Å²) in [6.45, 7) is 2.84. The van der Waals surface area contributed by atoms with Crippen LogP contribution < -0.4 is 5.32 Å². The Bertz CT molecular complexity index is 611. The van der Waals surface area contributed by atoms with E-state index in [1.165, 1.54) is 6.92 Å². The molecule has 0 atom stereocenters. The van der Waals surface area contributed by atoms with Gasteiger partial charge >= 0.3 is 0 Å². The van der Waals surface area contributed by atoms with Crippen molar-refractivity contribution in [3.63, 3.8) is 0 Å². The molecule has 0 aliphatic heterocycles. The molecule has 5 heteroatoms. The third-order valence-corrected chi connectivity index (χ3v) is 2.76. The fraction of sp³-hybridized carbons (Fsp3) is 0.214. The number of hydrogen-bond acceptors (Lipinski definition) is 4. The summed E-state index contributed by atoms with van der Waals surface area (Å²) >= 11 is 0. The summed E-state index contributed by atoms with van der Waals surface area (Å²) in [5.41, 5.74) is 1.81.